The average molecular weight is 433 g/mol. The van der Waals surface area contributed by atoms with Gasteiger partial charge >= 0.3 is 0 Å². The van der Waals surface area contributed by atoms with Crippen molar-refractivity contribution in [1.82, 2.24) is 20.1 Å². The van der Waals surface area contributed by atoms with Gasteiger partial charge in [-0.15, -0.1) is 10.2 Å². The molecule has 3 aromatic carbocycles. The van der Waals surface area contributed by atoms with Gasteiger partial charge in [0.05, 0.1) is 12.3 Å². The molecule has 158 valence electrons. The molecule has 1 N–H and O–H groups in total. The summed E-state index contributed by atoms with van der Waals surface area (Å²) in [7, 11) is 0. The second kappa shape index (κ2) is 9.66. The van der Waals surface area contributed by atoms with Crippen LogP contribution in [0.3, 0.4) is 0 Å². The lowest BCUT2D eigenvalue weighted by Crippen LogP contribution is -2.29. The van der Waals surface area contributed by atoms with Crippen molar-refractivity contribution in [2.24, 2.45) is 0 Å². The van der Waals surface area contributed by atoms with Crippen LogP contribution in [0.25, 0.3) is 16.5 Å². The second-order valence-corrected chi connectivity index (χ2v) is 8.16. The fraction of sp³-hybridized carbons (Fsp3) is 0.208. The fourth-order valence-electron chi connectivity index (χ4n) is 3.23. The predicted molar refractivity (Wildman–Crippen MR) is 124 cm³/mol. The maximum Gasteiger partial charge on any atom is 0.230 e. The van der Waals surface area contributed by atoms with E-state index in [0.717, 1.165) is 22.2 Å². The summed E-state index contributed by atoms with van der Waals surface area (Å²) < 4.78 is 7.77. The lowest BCUT2D eigenvalue weighted by Gasteiger charge is -2.10. The summed E-state index contributed by atoms with van der Waals surface area (Å²) >= 11 is 1.36. The molecule has 7 heteroatoms. The normalized spacial score (nSPS) is 10.9. The number of nitrogens with zero attached hydrogens (tertiary/aromatic N) is 3. The fourth-order valence-corrected chi connectivity index (χ4v) is 3.99. The Morgan fingerprint density at radius 2 is 1.90 bits per heavy atom. The Labute approximate surface area is 185 Å². The molecule has 0 fully saturated rings. The van der Waals surface area contributed by atoms with Crippen LogP contribution in [0.5, 0.6) is 5.75 Å². The van der Waals surface area contributed by atoms with Crippen molar-refractivity contribution >= 4 is 28.4 Å². The first-order valence-corrected chi connectivity index (χ1v) is 11.1. The largest absolute Gasteiger partial charge is 0.491 e. The van der Waals surface area contributed by atoms with E-state index < -0.39 is 0 Å². The lowest BCUT2D eigenvalue weighted by atomic mass is 10.1. The molecule has 6 nitrogen and oxygen atoms in total. The van der Waals surface area contributed by atoms with Crippen molar-refractivity contribution in [3.05, 3.63) is 78.1 Å². The Balaban J connectivity index is 1.27. The van der Waals surface area contributed by atoms with Gasteiger partial charge in [-0.1, -0.05) is 54.2 Å². The van der Waals surface area contributed by atoms with E-state index in [4.69, 9.17) is 4.74 Å². The van der Waals surface area contributed by atoms with Crippen molar-refractivity contribution in [3.8, 4) is 11.4 Å². The highest BCUT2D eigenvalue weighted by Gasteiger charge is 2.11. The van der Waals surface area contributed by atoms with Crippen molar-refractivity contribution < 1.29 is 9.53 Å². The number of thioether (sulfide) groups is 1. The molecule has 0 saturated carbocycles. The summed E-state index contributed by atoms with van der Waals surface area (Å²) in [5.74, 6) is 1.02. The molecular formula is C24H24N4O2S. The van der Waals surface area contributed by atoms with E-state index in [9.17, 15) is 4.79 Å². The molecule has 0 unspecified atom stereocenters. The number of benzene rings is 3. The zero-order chi connectivity index (χ0) is 21.6. The molecule has 1 amide bonds. The highest BCUT2D eigenvalue weighted by atomic mass is 32.2. The number of nitrogens with one attached hydrogen (secondary N) is 1. The van der Waals surface area contributed by atoms with E-state index >= 15 is 0 Å². The number of rotatable bonds is 8. The first-order valence-electron chi connectivity index (χ1n) is 10.1. The van der Waals surface area contributed by atoms with Crippen LogP contribution in [0.2, 0.25) is 0 Å². The summed E-state index contributed by atoms with van der Waals surface area (Å²) in [4.78, 5) is 12.3. The van der Waals surface area contributed by atoms with E-state index in [2.05, 4.69) is 53.6 Å². The maximum atomic E-state index is 12.3. The van der Waals surface area contributed by atoms with E-state index in [1.807, 2.05) is 41.0 Å². The lowest BCUT2D eigenvalue weighted by molar-refractivity contribution is -0.118. The number of carbonyl (C=O) groups is 1. The summed E-state index contributed by atoms with van der Waals surface area (Å²) in [6, 6.07) is 20.2. The van der Waals surface area contributed by atoms with Gasteiger partial charge in [-0.2, -0.15) is 0 Å². The van der Waals surface area contributed by atoms with Gasteiger partial charge in [0.25, 0.3) is 0 Å². The van der Waals surface area contributed by atoms with Crippen LogP contribution in [0.4, 0.5) is 0 Å². The molecule has 0 aliphatic rings. The minimum atomic E-state index is -0.0684. The minimum absolute atomic E-state index is 0.0684. The molecule has 4 rings (SSSR count). The Kier molecular flexibility index (Phi) is 6.52. The molecule has 0 aliphatic carbocycles. The van der Waals surface area contributed by atoms with Crippen LogP contribution < -0.4 is 10.1 Å². The van der Waals surface area contributed by atoms with Gasteiger partial charge in [-0.25, -0.2) is 0 Å². The van der Waals surface area contributed by atoms with Crippen molar-refractivity contribution in [3.63, 3.8) is 0 Å². The average Bonchev–Trinajstić information content (AvgIpc) is 3.26. The van der Waals surface area contributed by atoms with Gasteiger partial charge in [-0.3, -0.25) is 9.36 Å². The molecule has 1 aromatic heterocycles. The maximum absolute atomic E-state index is 12.3. The molecule has 4 aromatic rings. The van der Waals surface area contributed by atoms with Crippen LogP contribution >= 0.6 is 11.8 Å². The van der Waals surface area contributed by atoms with Gasteiger partial charge < -0.3 is 10.1 Å². The van der Waals surface area contributed by atoms with Crippen LogP contribution in [0.15, 0.2) is 72.1 Å². The Morgan fingerprint density at radius 3 is 2.77 bits per heavy atom. The molecule has 0 spiro atoms. The first kappa shape index (κ1) is 20.9. The number of aromatic nitrogens is 3. The highest BCUT2D eigenvalue weighted by molar-refractivity contribution is 7.99. The summed E-state index contributed by atoms with van der Waals surface area (Å²) in [5, 5.41) is 13.9. The zero-order valence-corrected chi connectivity index (χ0v) is 18.4. The van der Waals surface area contributed by atoms with E-state index in [0.29, 0.717) is 18.3 Å². The Hall–Kier alpha value is -3.32. The quantitative estimate of drug-likeness (QED) is 0.332. The standard InChI is InChI=1S/C24H24N4O2S/c1-17-10-11-20(14-18(17)2)28-16-26-27-24(28)31-15-23(29)25-12-13-30-22-9-5-7-19-6-3-4-8-21(19)22/h3-11,14,16H,12-13,15H2,1-2H3,(H,25,29). The third-order valence-electron chi connectivity index (χ3n) is 5.05. The third kappa shape index (κ3) is 5.06. The topological polar surface area (TPSA) is 69.0 Å². The van der Waals surface area contributed by atoms with Crippen molar-refractivity contribution in [2.75, 3.05) is 18.9 Å². The van der Waals surface area contributed by atoms with Gasteiger partial charge in [0.15, 0.2) is 5.16 Å². The van der Waals surface area contributed by atoms with Gasteiger partial charge in [-0.05, 0) is 48.6 Å². The molecule has 0 bridgehead atoms. The van der Waals surface area contributed by atoms with Crippen LogP contribution in [0, 0.1) is 13.8 Å². The van der Waals surface area contributed by atoms with Crippen LogP contribution in [-0.2, 0) is 4.79 Å². The number of carbonyl (C=O) groups excluding carboxylic acids is 1. The van der Waals surface area contributed by atoms with E-state index in [1.165, 1.54) is 22.9 Å². The molecule has 0 atom stereocenters. The second-order valence-electron chi connectivity index (χ2n) is 7.22. The number of amides is 1. The number of fused-ring (bicyclic) bond motifs is 1. The smallest absolute Gasteiger partial charge is 0.230 e. The monoisotopic (exact) mass is 432 g/mol. The molecule has 0 saturated heterocycles. The highest BCUT2D eigenvalue weighted by Crippen LogP contribution is 2.25. The number of hydrogen-bond acceptors (Lipinski definition) is 5. The molecule has 31 heavy (non-hydrogen) atoms. The third-order valence-corrected chi connectivity index (χ3v) is 5.99. The Morgan fingerprint density at radius 1 is 1.06 bits per heavy atom. The minimum Gasteiger partial charge on any atom is -0.491 e. The SMILES string of the molecule is Cc1ccc(-n2cnnc2SCC(=O)NCCOc2cccc3ccccc23)cc1C. The van der Waals surface area contributed by atoms with E-state index in [-0.39, 0.29) is 11.7 Å². The summed E-state index contributed by atoms with van der Waals surface area (Å²) in [6.07, 6.45) is 1.67. The van der Waals surface area contributed by atoms with Gasteiger partial charge in [0, 0.05) is 11.1 Å². The zero-order valence-electron chi connectivity index (χ0n) is 17.5. The summed E-state index contributed by atoms with van der Waals surface area (Å²) in [6.45, 7) is 4.99. The van der Waals surface area contributed by atoms with Crippen molar-refractivity contribution in [1.29, 1.82) is 0 Å². The van der Waals surface area contributed by atoms with Crippen LogP contribution in [-0.4, -0.2) is 39.6 Å². The molecular weight excluding hydrogens is 408 g/mol. The van der Waals surface area contributed by atoms with Gasteiger partial charge in [0.1, 0.15) is 18.7 Å². The number of hydrogen-bond donors (Lipinski definition) is 1. The number of aryl methyl sites for hydroxylation is 2. The predicted octanol–water partition coefficient (Wildman–Crippen LogP) is 4.32. The summed E-state index contributed by atoms with van der Waals surface area (Å²) in [5.41, 5.74) is 3.42. The van der Waals surface area contributed by atoms with Crippen molar-refractivity contribution in [2.45, 2.75) is 19.0 Å². The van der Waals surface area contributed by atoms with Crippen LogP contribution in [0.1, 0.15) is 11.1 Å². The molecule has 0 aliphatic heterocycles. The Bertz CT molecular complexity index is 1200. The van der Waals surface area contributed by atoms with E-state index in [1.54, 1.807) is 6.33 Å². The molecule has 1 heterocycles. The molecule has 0 radical (unpaired) electrons. The number of ether oxygens (including phenoxy) is 1. The van der Waals surface area contributed by atoms with Gasteiger partial charge in [0.2, 0.25) is 5.91 Å². The first-order chi connectivity index (χ1) is 15.1.